The second kappa shape index (κ2) is 8.48. The van der Waals surface area contributed by atoms with E-state index in [2.05, 4.69) is 30.5 Å². The molecule has 1 amide bonds. The van der Waals surface area contributed by atoms with Crippen LogP contribution in [-0.2, 0) is 4.79 Å². The maximum Gasteiger partial charge on any atom is 0.247 e. The Morgan fingerprint density at radius 1 is 1.25 bits per heavy atom. The van der Waals surface area contributed by atoms with Crippen LogP contribution in [0.4, 0.5) is 14.6 Å². The van der Waals surface area contributed by atoms with Crippen molar-refractivity contribution < 1.29 is 14.9 Å². The van der Waals surface area contributed by atoms with Crippen LogP contribution in [0, 0.1) is 11.8 Å². The highest BCUT2D eigenvalue weighted by molar-refractivity contribution is 6.31. The quantitative estimate of drug-likeness (QED) is 0.402. The van der Waals surface area contributed by atoms with Gasteiger partial charge in [-0.3, -0.25) is 4.79 Å². The summed E-state index contributed by atoms with van der Waals surface area (Å²) in [6.07, 6.45) is 5.83. The number of nitrogens with zero attached hydrogens (tertiary/aromatic N) is 7. The Hall–Kier alpha value is -4.19. The first-order valence-electron chi connectivity index (χ1n) is 11.5. The summed E-state index contributed by atoms with van der Waals surface area (Å²) >= 11 is 6.08. The summed E-state index contributed by atoms with van der Waals surface area (Å²) in [6.45, 7) is 0. The summed E-state index contributed by atoms with van der Waals surface area (Å²) in [5.74, 6) is -1.51. The molecule has 10 nitrogen and oxygen atoms in total. The van der Waals surface area contributed by atoms with Crippen LogP contribution in [0.25, 0.3) is 22.5 Å². The van der Waals surface area contributed by atoms with Crippen molar-refractivity contribution in [1.82, 2.24) is 40.1 Å². The number of nitrogens with one attached hydrogen (secondary N) is 1. The van der Waals surface area contributed by atoms with E-state index in [1.54, 1.807) is 11.0 Å². The van der Waals surface area contributed by atoms with Crippen molar-refractivity contribution >= 4 is 28.9 Å². The van der Waals surface area contributed by atoms with Crippen LogP contribution in [0.1, 0.15) is 38.1 Å². The third-order valence-corrected chi connectivity index (χ3v) is 6.80. The molecule has 1 unspecified atom stereocenters. The van der Waals surface area contributed by atoms with Crippen molar-refractivity contribution in [3.8, 4) is 16.9 Å². The molecule has 3 N–H and O–H groups in total. The van der Waals surface area contributed by atoms with E-state index >= 15 is 4.39 Å². The molecule has 4 aromatic rings. The summed E-state index contributed by atoms with van der Waals surface area (Å²) in [6, 6.07) is 3.59. The molecule has 3 aromatic heterocycles. The van der Waals surface area contributed by atoms with Gasteiger partial charge in [0.2, 0.25) is 11.9 Å². The third kappa shape index (κ3) is 3.61. The zero-order valence-electron chi connectivity index (χ0n) is 19.5. The highest BCUT2D eigenvalue weighted by Crippen LogP contribution is 2.44. The molecule has 0 bridgehead atoms. The van der Waals surface area contributed by atoms with Crippen LogP contribution < -0.4 is 5.73 Å². The maximum atomic E-state index is 15.2. The normalized spacial score (nSPS) is 19.9. The van der Waals surface area contributed by atoms with Crippen molar-refractivity contribution in [3.05, 3.63) is 71.0 Å². The zero-order chi connectivity index (χ0) is 25.8. The van der Waals surface area contributed by atoms with Gasteiger partial charge in [-0.2, -0.15) is 9.07 Å². The number of aromatic amines is 1. The fourth-order valence-corrected chi connectivity index (χ4v) is 5.10. The highest BCUT2D eigenvalue weighted by Gasteiger charge is 2.42. The molecule has 0 aliphatic carbocycles. The number of halogens is 3. The second-order valence-corrected chi connectivity index (χ2v) is 8.96. The molecule has 0 radical (unpaired) electrons. The van der Waals surface area contributed by atoms with E-state index in [1.807, 2.05) is 0 Å². The van der Waals surface area contributed by atoms with E-state index < -0.39 is 11.8 Å². The lowest BCUT2D eigenvalue weighted by Gasteiger charge is -2.33. The minimum Gasteiger partial charge on any atom is -0.384 e. The van der Waals surface area contributed by atoms with E-state index in [0.29, 0.717) is 42.0 Å². The molecule has 1 saturated heterocycles. The lowest BCUT2D eigenvalue weighted by molar-refractivity contribution is -0.129. The predicted molar refractivity (Wildman–Crippen MR) is 126 cm³/mol. The third-order valence-electron chi connectivity index (χ3n) is 6.51. The van der Waals surface area contributed by atoms with Crippen LogP contribution in [0.3, 0.4) is 0 Å². The average Bonchev–Trinajstić information content (AvgIpc) is 3.63. The van der Waals surface area contributed by atoms with Gasteiger partial charge in [-0.25, -0.2) is 14.4 Å². The number of tetrazole rings is 1. The Bertz CT molecular complexity index is 1570. The molecule has 0 spiro atoms. The fraction of sp³-hybridized carbons (Fsp3) is 0.217. The summed E-state index contributed by atoms with van der Waals surface area (Å²) in [4.78, 5) is 26.1. The Morgan fingerprint density at radius 2 is 2.11 bits per heavy atom. The number of pyridine rings is 1. The monoisotopic (exact) mass is 510 g/mol. The number of hydrogen-bond donors (Lipinski definition) is 2. The molecule has 1 aromatic carbocycles. The number of carbonyl (C=O) groups excluding carboxylic acids is 1. The molecule has 0 saturated carbocycles. The molecule has 2 aliphatic heterocycles. The molecular weight excluding hydrogens is 492 g/mol. The number of nitrogens with two attached hydrogens (primary N) is 1. The van der Waals surface area contributed by atoms with E-state index in [0.717, 1.165) is 0 Å². The summed E-state index contributed by atoms with van der Waals surface area (Å²) in [7, 11) is 0. The first-order chi connectivity index (χ1) is 17.8. The first kappa shape index (κ1) is 21.1. The van der Waals surface area contributed by atoms with Gasteiger partial charge in [0.15, 0.2) is 5.82 Å². The Morgan fingerprint density at radius 3 is 2.92 bits per heavy atom. The van der Waals surface area contributed by atoms with Crippen LogP contribution in [-0.4, -0.2) is 52.0 Å². The van der Waals surface area contributed by atoms with Crippen LogP contribution in [0.2, 0.25) is 5.02 Å². The molecule has 36 heavy (non-hydrogen) atoms. The van der Waals surface area contributed by atoms with Crippen molar-refractivity contribution in [2.24, 2.45) is 0 Å². The summed E-state index contributed by atoms with van der Waals surface area (Å²) in [5.41, 5.74) is 6.94. The van der Waals surface area contributed by atoms with Crippen LogP contribution >= 0.6 is 11.6 Å². The molecule has 2 aliphatic rings. The lowest BCUT2D eigenvalue weighted by Crippen LogP contribution is -2.39. The second-order valence-electron chi connectivity index (χ2n) is 8.55. The van der Waals surface area contributed by atoms with Crippen molar-refractivity contribution in [2.75, 3.05) is 5.73 Å². The van der Waals surface area contributed by atoms with Crippen LogP contribution in [0.5, 0.6) is 0 Å². The molecular formula is C23H18ClF2N9O. The number of imidazole rings is 1. The molecule has 6 rings (SSSR count). The smallest absolute Gasteiger partial charge is 0.247 e. The number of H-pyrrole nitrogens is 1. The summed E-state index contributed by atoms with van der Waals surface area (Å²) < 4.78 is 38.8. The SMILES string of the molecule is [2H]c1cc(-c2cnc([C@@H]3CCC4CC(c5c(-n6cnnn6)ccc(Cl)c5F)=CC(=O)N43)[nH]2)c(F)nc1N. The minimum absolute atomic E-state index is 0.0613. The number of aromatic nitrogens is 7. The van der Waals surface area contributed by atoms with Gasteiger partial charge < -0.3 is 15.6 Å². The van der Waals surface area contributed by atoms with Crippen molar-refractivity contribution in [3.63, 3.8) is 0 Å². The van der Waals surface area contributed by atoms with Gasteiger partial charge in [-0.1, -0.05) is 11.6 Å². The van der Waals surface area contributed by atoms with Gasteiger partial charge >= 0.3 is 0 Å². The number of fused-ring (bicyclic) bond motifs is 1. The number of carbonyl (C=O) groups is 1. The Kier molecular flexibility index (Phi) is 4.98. The molecule has 2 atom stereocenters. The van der Waals surface area contributed by atoms with Crippen molar-refractivity contribution in [2.45, 2.75) is 31.3 Å². The predicted octanol–water partition coefficient (Wildman–Crippen LogP) is 3.48. The van der Waals surface area contributed by atoms with Gasteiger partial charge in [0.1, 0.15) is 18.0 Å². The summed E-state index contributed by atoms with van der Waals surface area (Å²) in [5, 5.41) is 11.0. The largest absolute Gasteiger partial charge is 0.384 e. The van der Waals surface area contributed by atoms with E-state index in [1.165, 1.54) is 35.4 Å². The number of rotatable bonds is 4. The molecule has 182 valence electrons. The van der Waals surface area contributed by atoms with Gasteiger partial charge in [0.05, 0.1) is 35.6 Å². The highest BCUT2D eigenvalue weighted by atomic mass is 35.5. The Balaban J connectivity index is 1.33. The molecule has 13 heteroatoms. The first-order valence-corrected chi connectivity index (χ1v) is 11.4. The van der Waals surface area contributed by atoms with E-state index in [9.17, 15) is 9.18 Å². The topological polar surface area (TPSA) is 132 Å². The average molecular weight is 511 g/mol. The number of benzene rings is 1. The number of hydrogen-bond acceptors (Lipinski definition) is 7. The Labute approximate surface area is 209 Å². The molecule has 1 fully saturated rings. The van der Waals surface area contributed by atoms with Gasteiger partial charge in [-0.15, -0.1) is 5.10 Å². The number of anilines is 1. The van der Waals surface area contributed by atoms with E-state index in [4.69, 9.17) is 18.7 Å². The van der Waals surface area contributed by atoms with Gasteiger partial charge in [0, 0.05) is 17.7 Å². The lowest BCUT2D eigenvalue weighted by atomic mass is 9.92. The fourth-order valence-electron chi connectivity index (χ4n) is 4.94. The van der Waals surface area contributed by atoms with Crippen molar-refractivity contribution in [1.29, 1.82) is 0 Å². The zero-order valence-corrected chi connectivity index (χ0v) is 19.2. The molecule has 5 heterocycles. The van der Waals surface area contributed by atoms with E-state index in [-0.39, 0.29) is 46.0 Å². The van der Waals surface area contributed by atoms with Gasteiger partial charge in [0.25, 0.3) is 0 Å². The standard InChI is InChI=1S/C23H18ClF2N9O/c24-14-3-5-16(34-10-29-32-33-34)20(21(14)25)11-7-12-1-4-17(35(12)19(36)8-11)23-28-9-15(30-23)13-2-6-18(27)31-22(13)26/h2-3,5-6,8-10,12,17H,1,4,7H2,(H2,27,31)(H,28,30)/t12?,17-/m0/s1/i6D. The minimum atomic E-state index is -0.823. The van der Waals surface area contributed by atoms with Crippen LogP contribution in [0.15, 0.2) is 42.8 Å². The maximum absolute atomic E-state index is 15.2. The number of amides is 1. The number of nitrogen functional groups attached to an aromatic ring is 1. The van der Waals surface area contributed by atoms with Gasteiger partial charge in [-0.05, 0) is 59.5 Å².